The highest BCUT2D eigenvalue weighted by Gasteiger charge is 2.28. The third-order valence-corrected chi connectivity index (χ3v) is 6.37. The molecule has 0 bridgehead atoms. The number of thiophene rings is 1. The second-order valence-electron chi connectivity index (χ2n) is 7.06. The van der Waals surface area contributed by atoms with Crippen molar-refractivity contribution in [2.45, 2.75) is 26.2 Å². The first-order valence-electron chi connectivity index (χ1n) is 8.84. The number of hydrogen-bond donors (Lipinski definition) is 3. The second-order valence-corrected chi connectivity index (χ2v) is 8.57. The summed E-state index contributed by atoms with van der Waals surface area (Å²) in [7, 11) is 3.64. The van der Waals surface area contributed by atoms with Crippen molar-refractivity contribution in [3.05, 3.63) is 16.0 Å². The van der Waals surface area contributed by atoms with Crippen LogP contribution in [0.4, 0.5) is 5.00 Å². The van der Waals surface area contributed by atoms with Crippen LogP contribution in [0, 0.1) is 5.92 Å². The van der Waals surface area contributed by atoms with Gasteiger partial charge in [0.15, 0.2) is 5.11 Å². The van der Waals surface area contributed by atoms with Crippen molar-refractivity contribution in [1.29, 1.82) is 0 Å². The first-order valence-corrected chi connectivity index (χ1v) is 10.1. The molecule has 1 atom stereocenters. The van der Waals surface area contributed by atoms with Gasteiger partial charge in [0.05, 0.1) is 45.9 Å². The van der Waals surface area contributed by atoms with Crippen LogP contribution in [0.2, 0.25) is 0 Å². The lowest BCUT2D eigenvalue weighted by molar-refractivity contribution is -0.884. The van der Waals surface area contributed by atoms with Crippen molar-refractivity contribution in [2.75, 3.05) is 45.7 Å². The molecule has 0 aromatic carbocycles. The molecule has 1 saturated heterocycles. The number of ether oxygens (including phenoxy) is 1. The van der Waals surface area contributed by atoms with Crippen molar-refractivity contribution < 1.29 is 14.4 Å². The largest absolute Gasteiger partial charge is 0.465 e. The van der Waals surface area contributed by atoms with E-state index < -0.39 is 0 Å². The molecular weight excluding hydrogens is 356 g/mol. The highest BCUT2D eigenvalue weighted by atomic mass is 32.1. The van der Waals surface area contributed by atoms with E-state index in [0.717, 1.165) is 56.0 Å². The van der Waals surface area contributed by atoms with Crippen LogP contribution < -0.4 is 15.6 Å². The Morgan fingerprint density at radius 1 is 1.40 bits per heavy atom. The van der Waals surface area contributed by atoms with Crippen molar-refractivity contribution in [1.82, 2.24) is 10.4 Å². The van der Waals surface area contributed by atoms with Crippen molar-refractivity contribution in [2.24, 2.45) is 5.92 Å². The number of piperazine rings is 1. The van der Waals surface area contributed by atoms with Gasteiger partial charge in [0, 0.05) is 4.88 Å². The van der Waals surface area contributed by atoms with Gasteiger partial charge < -0.3 is 15.0 Å². The van der Waals surface area contributed by atoms with Crippen LogP contribution in [0.25, 0.3) is 0 Å². The zero-order valence-corrected chi connectivity index (χ0v) is 16.7. The van der Waals surface area contributed by atoms with E-state index in [4.69, 9.17) is 17.0 Å². The molecule has 138 valence electrons. The fourth-order valence-corrected chi connectivity index (χ4v) is 5.13. The fraction of sp³-hybridized carbons (Fsp3) is 0.647. The highest BCUT2D eigenvalue weighted by Crippen LogP contribution is 2.39. The van der Waals surface area contributed by atoms with Crippen LogP contribution in [0.15, 0.2) is 0 Å². The summed E-state index contributed by atoms with van der Waals surface area (Å²) in [5.74, 6) is 0.378. The van der Waals surface area contributed by atoms with Gasteiger partial charge in [0.1, 0.15) is 5.00 Å². The molecule has 6 nitrogen and oxygen atoms in total. The van der Waals surface area contributed by atoms with Gasteiger partial charge >= 0.3 is 5.97 Å². The van der Waals surface area contributed by atoms with Gasteiger partial charge in [-0.05, 0) is 43.0 Å². The predicted molar refractivity (Wildman–Crippen MR) is 104 cm³/mol. The lowest BCUT2D eigenvalue weighted by atomic mass is 9.88. The standard InChI is InChI=1S/C17H26N4O2S2/c1-11-4-5-12-13(10-11)25-15(14(12)16(22)23-3)18-17(24)19-21-8-6-20(2)7-9-21/h11H,4-10H2,1-3H3,(H2,18,19,24)/p+1/t11-/m1/s1. The number of thiocarbonyl (C=S) groups is 1. The van der Waals surface area contributed by atoms with E-state index in [9.17, 15) is 4.79 Å². The summed E-state index contributed by atoms with van der Waals surface area (Å²) in [6, 6.07) is 0. The number of rotatable bonds is 3. The van der Waals surface area contributed by atoms with Crippen molar-refractivity contribution in [3.63, 3.8) is 0 Å². The lowest BCUT2D eigenvalue weighted by Crippen LogP contribution is -3.12. The number of hydrazine groups is 1. The van der Waals surface area contributed by atoms with Gasteiger partial charge in [0.2, 0.25) is 0 Å². The molecule has 3 rings (SSSR count). The van der Waals surface area contributed by atoms with E-state index in [-0.39, 0.29) is 5.97 Å². The Morgan fingerprint density at radius 3 is 2.80 bits per heavy atom. The van der Waals surface area contributed by atoms with Crippen molar-refractivity contribution in [3.8, 4) is 0 Å². The quantitative estimate of drug-likeness (QED) is 0.528. The van der Waals surface area contributed by atoms with E-state index in [1.54, 1.807) is 11.3 Å². The third kappa shape index (κ3) is 4.31. The maximum absolute atomic E-state index is 12.3. The number of esters is 1. The first kappa shape index (κ1) is 18.6. The number of carbonyl (C=O) groups is 1. The minimum absolute atomic E-state index is 0.277. The van der Waals surface area contributed by atoms with Gasteiger partial charge in [0.25, 0.3) is 0 Å². The Bertz CT molecular complexity index is 653. The molecule has 0 unspecified atom stereocenters. The molecule has 0 saturated carbocycles. The van der Waals surface area contributed by atoms with Gasteiger partial charge in [-0.15, -0.1) is 11.3 Å². The zero-order valence-electron chi connectivity index (χ0n) is 15.1. The van der Waals surface area contributed by atoms with Gasteiger partial charge in [-0.25, -0.2) is 9.80 Å². The maximum atomic E-state index is 12.3. The summed E-state index contributed by atoms with van der Waals surface area (Å²) in [5.41, 5.74) is 5.07. The van der Waals surface area contributed by atoms with Crippen LogP contribution >= 0.6 is 23.6 Å². The number of hydrogen-bond acceptors (Lipinski definition) is 5. The average molecular weight is 384 g/mol. The summed E-state index contributed by atoms with van der Waals surface area (Å²) >= 11 is 7.11. The van der Waals surface area contributed by atoms with E-state index in [2.05, 4.69) is 29.7 Å². The molecule has 2 heterocycles. The molecule has 1 aliphatic heterocycles. The summed E-state index contributed by atoms with van der Waals surface area (Å²) in [6.45, 7) is 6.35. The molecule has 0 amide bonds. The Balaban J connectivity index is 1.73. The van der Waals surface area contributed by atoms with Crippen LogP contribution in [0.3, 0.4) is 0 Å². The van der Waals surface area contributed by atoms with E-state index in [1.807, 2.05) is 0 Å². The predicted octanol–water partition coefficient (Wildman–Crippen LogP) is 0.691. The normalized spacial score (nSPS) is 21.5. The maximum Gasteiger partial charge on any atom is 0.341 e. The van der Waals surface area contributed by atoms with Gasteiger partial charge in [-0.3, -0.25) is 5.43 Å². The number of anilines is 1. The average Bonchev–Trinajstić information content (AvgIpc) is 2.92. The van der Waals surface area contributed by atoms with E-state index in [1.165, 1.54) is 16.9 Å². The Hall–Kier alpha value is -1.22. The van der Waals surface area contributed by atoms with Crippen LogP contribution in [0.5, 0.6) is 0 Å². The van der Waals surface area contributed by atoms with Crippen LogP contribution in [-0.4, -0.2) is 56.4 Å². The van der Waals surface area contributed by atoms with Crippen molar-refractivity contribution >= 4 is 39.6 Å². The zero-order chi connectivity index (χ0) is 18.0. The molecule has 1 fully saturated rings. The number of carbonyl (C=O) groups excluding carboxylic acids is 1. The molecule has 3 N–H and O–H groups in total. The number of likely N-dealkylation sites (N-methyl/N-ethyl adjacent to an activating group) is 1. The molecule has 8 heteroatoms. The van der Waals surface area contributed by atoms with Gasteiger partial charge in [-0.2, -0.15) is 0 Å². The molecule has 0 radical (unpaired) electrons. The number of fused-ring (bicyclic) bond motifs is 1. The highest BCUT2D eigenvalue weighted by molar-refractivity contribution is 7.80. The molecule has 1 aliphatic carbocycles. The monoisotopic (exact) mass is 383 g/mol. The second kappa shape index (κ2) is 7.99. The summed E-state index contributed by atoms with van der Waals surface area (Å²) in [4.78, 5) is 15.1. The van der Waals surface area contributed by atoms with Crippen LogP contribution in [-0.2, 0) is 17.6 Å². The number of methoxy groups -OCH3 is 1. The Kier molecular flexibility index (Phi) is 5.93. The molecule has 25 heavy (non-hydrogen) atoms. The molecule has 0 spiro atoms. The van der Waals surface area contributed by atoms with E-state index >= 15 is 0 Å². The molecule has 2 aliphatic rings. The SMILES string of the molecule is COC(=O)c1c(NC(=S)NN2CC[NH+](C)CC2)sc2c1CC[C@@H](C)C2. The lowest BCUT2D eigenvalue weighted by Gasteiger charge is -2.30. The minimum Gasteiger partial charge on any atom is -0.465 e. The minimum atomic E-state index is -0.277. The Labute approximate surface area is 158 Å². The summed E-state index contributed by atoms with van der Waals surface area (Å²) in [5, 5.41) is 6.73. The van der Waals surface area contributed by atoms with E-state index in [0.29, 0.717) is 16.6 Å². The third-order valence-electron chi connectivity index (χ3n) is 5.00. The smallest absolute Gasteiger partial charge is 0.341 e. The molecular formula is C17H27N4O2S2+. The topological polar surface area (TPSA) is 58.0 Å². The molecule has 1 aromatic heterocycles. The number of quaternary nitrogens is 1. The number of nitrogens with zero attached hydrogens (tertiary/aromatic N) is 1. The first-order chi connectivity index (χ1) is 12.0. The number of nitrogens with one attached hydrogen (secondary N) is 3. The fourth-order valence-electron chi connectivity index (χ4n) is 3.43. The van der Waals surface area contributed by atoms with Crippen LogP contribution in [0.1, 0.15) is 34.1 Å². The summed E-state index contributed by atoms with van der Waals surface area (Å²) < 4.78 is 5.02. The summed E-state index contributed by atoms with van der Waals surface area (Å²) in [6.07, 6.45) is 3.06. The Morgan fingerprint density at radius 2 is 2.12 bits per heavy atom. The molecule has 1 aromatic rings. The van der Waals surface area contributed by atoms with Gasteiger partial charge in [-0.1, -0.05) is 6.92 Å².